The summed E-state index contributed by atoms with van der Waals surface area (Å²) in [7, 11) is 0. The van der Waals surface area contributed by atoms with Gasteiger partial charge in [-0.2, -0.15) is 0 Å². The Labute approximate surface area is 122 Å². The second-order valence-electron chi connectivity index (χ2n) is 5.01. The van der Waals surface area contributed by atoms with Gasteiger partial charge in [-0.25, -0.2) is 0 Å². The molecule has 0 saturated heterocycles. The van der Waals surface area contributed by atoms with Gasteiger partial charge in [-0.15, -0.1) is 0 Å². The topological polar surface area (TPSA) is 78.3 Å². The van der Waals surface area contributed by atoms with Crippen LogP contribution >= 0.6 is 15.9 Å². The molecule has 2 atom stereocenters. The Bertz CT molecular complexity index is 461. The Morgan fingerprint density at radius 1 is 1.42 bits per heavy atom. The zero-order chi connectivity index (χ0) is 14.6. The molecule has 1 aromatic rings. The van der Waals surface area contributed by atoms with Gasteiger partial charge in [0.05, 0.1) is 12.5 Å². The van der Waals surface area contributed by atoms with Crippen molar-refractivity contribution >= 4 is 21.8 Å². The number of ether oxygens (including phenoxy) is 1. The molecule has 1 aromatic carbocycles. The van der Waals surface area contributed by atoms with E-state index >= 15 is 0 Å². The summed E-state index contributed by atoms with van der Waals surface area (Å²) in [4.78, 5) is 11.0. The van der Waals surface area contributed by atoms with Crippen LogP contribution in [0.1, 0.15) is 25.0 Å². The van der Waals surface area contributed by atoms with Gasteiger partial charge in [0.15, 0.2) is 0 Å². The van der Waals surface area contributed by atoms with Gasteiger partial charge in [0.2, 0.25) is 5.91 Å². The van der Waals surface area contributed by atoms with Crippen LogP contribution in [0.2, 0.25) is 0 Å². The molecular formula is C14H21BrN2O2. The van der Waals surface area contributed by atoms with Crippen LogP contribution in [0.15, 0.2) is 16.6 Å². The molecule has 1 rings (SSSR count). The van der Waals surface area contributed by atoms with Crippen molar-refractivity contribution in [1.82, 2.24) is 0 Å². The molecule has 0 saturated carbocycles. The average molecular weight is 329 g/mol. The number of primary amides is 1. The van der Waals surface area contributed by atoms with Gasteiger partial charge in [-0.1, -0.05) is 22.9 Å². The first-order chi connectivity index (χ1) is 8.81. The number of aryl methyl sites for hydroxylation is 1. The molecule has 0 aliphatic carbocycles. The molecule has 4 N–H and O–H groups in total. The van der Waals surface area contributed by atoms with E-state index in [4.69, 9.17) is 16.2 Å². The van der Waals surface area contributed by atoms with Gasteiger partial charge in [-0.05, 0) is 43.5 Å². The van der Waals surface area contributed by atoms with E-state index in [-0.39, 0.29) is 24.5 Å². The van der Waals surface area contributed by atoms with Crippen molar-refractivity contribution < 1.29 is 9.53 Å². The second-order valence-corrected chi connectivity index (χ2v) is 5.92. The van der Waals surface area contributed by atoms with E-state index in [2.05, 4.69) is 15.9 Å². The highest BCUT2D eigenvalue weighted by atomic mass is 79.9. The molecular weight excluding hydrogens is 308 g/mol. The lowest BCUT2D eigenvalue weighted by molar-refractivity contribution is -0.122. The van der Waals surface area contributed by atoms with Crippen molar-refractivity contribution in [2.75, 3.05) is 6.61 Å². The van der Waals surface area contributed by atoms with Crippen LogP contribution in [-0.4, -0.2) is 18.6 Å². The van der Waals surface area contributed by atoms with Gasteiger partial charge in [0.1, 0.15) is 5.75 Å². The third kappa shape index (κ3) is 4.84. The lowest BCUT2D eigenvalue weighted by Gasteiger charge is -2.17. The maximum absolute atomic E-state index is 11.0. The third-order valence-corrected chi connectivity index (χ3v) is 3.28. The minimum atomic E-state index is -0.358. The Hall–Kier alpha value is -1.07. The third-order valence-electron chi connectivity index (χ3n) is 2.82. The number of rotatable bonds is 6. The smallest absolute Gasteiger partial charge is 0.223 e. The van der Waals surface area contributed by atoms with Crippen LogP contribution in [0.5, 0.6) is 5.75 Å². The molecule has 5 heteroatoms. The molecule has 0 bridgehead atoms. The lowest BCUT2D eigenvalue weighted by Crippen LogP contribution is -2.26. The first kappa shape index (κ1) is 16.0. The van der Waals surface area contributed by atoms with Crippen LogP contribution in [0.25, 0.3) is 0 Å². The fourth-order valence-electron chi connectivity index (χ4n) is 1.79. The molecule has 0 aliphatic heterocycles. The standard InChI is InChI=1S/C14H21BrN2O2/c1-8-4-12(15)6-11(5-10(3)16)13(8)19-7-9(2)14(17)18/h4,6,9-10H,5,7,16H2,1-3H3,(H2,17,18). The molecule has 0 heterocycles. The SMILES string of the molecule is Cc1cc(Br)cc(CC(C)N)c1OCC(C)C(N)=O. The van der Waals surface area contributed by atoms with Crippen LogP contribution in [-0.2, 0) is 11.2 Å². The predicted octanol–water partition coefficient (Wildman–Crippen LogP) is 2.15. The number of amides is 1. The monoisotopic (exact) mass is 328 g/mol. The summed E-state index contributed by atoms with van der Waals surface area (Å²) in [6.45, 7) is 5.96. The van der Waals surface area contributed by atoms with Gasteiger partial charge >= 0.3 is 0 Å². The fourth-order valence-corrected chi connectivity index (χ4v) is 2.41. The van der Waals surface area contributed by atoms with Gasteiger partial charge < -0.3 is 16.2 Å². The first-order valence-corrected chi connectivity index (χ1v) is 7.07. The molecule has 0 spiro atoms. The van der Waals surface area contributed by atoms with E-state index in [0.717, 1.165) is 27.8 Å². The summed E-state index contributed by atoms with van der Waals surface area (Å²) in [5.74, 6) is 0.128. The molecule has 106 valence electrons. The summed E-state index contributed by atoms with van der Waals surface area (Å²) in [5.41, 5.74) is 13.1. The zero-order valence-electron chi connectivity index (χ0n) is 11.6. The van der Waals surface area contributed by atoms with Crippen LogP contribution in [0, 0.1) is 12.8 Å². The predicted molar refractivity (Wildman–Crippen MR) is 80.1 cm³/mol. The van der Waals surface area contributed by atoms with Crippen LogP contribution < -0.4 is 16.2 Å². The van der Waals surface area contributed by atoms with Gasteiger partial charge in [-0.3, -0.25) is 4.79 Å². The Morgan fingerprint density at radius 3 is 2.58 bits per heavy atom. The number of halogens is 1. The summed E-state index contributed by atoms with van der Waals surface area (Å²) in [5, 5.41) is 0. The van der Waals surface area contributed by atoms with Gasteiger partial charge in [0.25, 0.3) is 0 Å². The maximum atomic E-state index is 11.0. The normalized spacial score (nSPS) is 13.9. The molecule has 2 unspecified atom stereocenters. The number of nitrogens with two attached hydrogens (primary N) is 2. The Kier molecular flexibility index (Phi) is 5.82. The molecule has 0 aliphatic rings. The van der Waals surface area contributed by atoms with Crippen molar-refractivity contribution in [2.45, 2.75) is 33.2 Å². The zero-order valence-corrected chi connectivity index (χ0v) is 13.2. The molecule has 19 heavy (non-hydrogen) atoms. The highest BCUT2D eigenvalue weighted by molar-refractivity contribution is 9.10. The van der Waals surface area contributed by atoms with E-state index < -0.39 is 0 Å². The number of hydrogen-bond acceptors (Lipinski definition) is 3. The first-order valence-electron chi connectivity index (χ1n) is 6.28. The Morgan fingerprint density at radius 2 is 2.05 bits per heavy atom. The number of hydrogen-bond donors (Lipinski definition) is 2. The summed E-state index contributed by atoms with van der Waals surface area (Å²) in [6, 6.07) is 4.03. The van der Waals surface area contributed by atoms with E-state index in [9.17, 15) is 4.79 Å². The largest absolute Gasteiger partial charge is 0.492 e. The summed E-state index contributed by atoms with van der Waals surface area (Å²) in [6.07, 6.45) is 0.723. The average Bonchev–Trinajstić information content (AvgIpc) is 2.26. The Balaban J connectivity index is 2.94. The highest BCUT2D eigenvalue weighted by Crippen LogP contribution is 2.29. The van der Waals surface area contributed by atoms with Crippen LogP contribution in [0.3, 0.4) is 0 Å². The molecule has 1 amide bonds. The molecule has 0 fully saturated rings. The van der Waals surface area contributed by atoms with Crippen molar-refractivity contribution in [3.63, 3.8) is 0 Å². The highest BCUT2D eigenvalue weighted by Gasteiger charge is 2.14. The molecule has 4 nitrogen and oxygen atoms in total. The van der Waals surface area contributed by atoms with Crippen molar-refractivity contribution in [3.8, 4) is 5.75 Å². The number of carbonyl (C=O) groups excluding carboxylic acids is 1. The minimum Gasteiger partial charge on any atom is -0.492 e. The van der Waals surface area contributed by atoms with Crippen molar-refractivity contribution in [1.29, 1.82) is 0 Å². The molecule has 0 aromatic heterocycles. The number of benzene rings is 1. The van der Waals surface area contributed by atoms with Crippen molar-refractivity contribution in [3.05, 3.63) is 27.7 Å². The van der Waals surface area contributed by atoms with E-state index in [1.54, 1.807) is 6.92 Å². The van der Waals surface area contributed by atoms with Crippen molar-refractivity contribution in [2.24, 2.45) is 17.4 Å². The van der Waals surface area contributed by atoms with E-state index in [1.807, 2.05) is 26.0 Å². The summed E-state index contributed by atoms with van der Waals surface area (Å²) < 4.78 is 6.77. The summed E-state index contributed by atoms with van der Waals surface area (Å²) >= 11 is 3.47. The van der Waals surface area contributed by atoms with E-state index in [0.29, 0.717) is 0 Å². The maximum Gasteiger partial charge on any atom is 0.223 e. The minimum absolute atomic E-state index is 0.0459. The van der Waals surface area contributed by atoms with E-state index in [1.165, 1.54) is 0 Å². The second kappa shape index (κ2) is 6.91. The fraction of sp³-hybridized carbons (Fsp3) is 0.500. The lowest BCUT2D eigenvalue weighted by atomic mass is 10.0. The number of carbonyl (C=O) groups is 1. The van der Waals surface area contributed by atoms with Gasteiger partial charge in [0, 0.05) is 10.5 Å². The molecule has 0 radical (unpaired) electrons. The van der Waals surface area contributed by atoms with Crippen LogP contribution in [0.4, 0.5) is 0 Å². The quantitative estimate of drug-likeness (QED) is 0.839.